The third kappa shape index (κ3) is 6.17. The van der Waals surface area contributed by atoms with Gasteiger partial charge in [0.15, 0.2) is 0 Å². The highest BCUT2D eigenvalue weighted by Crippen LogP contribution is 2.25. The number of benzene rings is 2. The molecule has 172 valence electrons. The molecule has 0 bridgehead atoms. The fourth-order valence-corrected chi connectivity index (χ4v) is 5.01. The summed E-state index contributed by atoms with van der Waals surface area (Å²) in [7, 11) is 0. The number of carbonyl (C=O) groups excluding carboxylic acids is 1. The molecular formula is C27H36FN3O. The van der Waals surface area contributed by atoms with E-state index in [4.69, 9.17) is 0 Å². The quantitative estimate of drug-likeness (QED) is 0.624. The Bertz CT molecular complexity index is 884. The second kappa shape index (κ2) is 11.1. The Labute approximate surface area is 191 Å². The van der Waals surface area contributed by atoms with E-state index in [2.05, 4.69) is 15.1 Å². The van der Waals surface area contributed by atoms with Crippen LogP contribution >= 0.6 is 0 Å². The van der Waals surface area contributed by atoms with Gasteiger partial charge in [-0.15, -0.1) is 0 Å². The number of amides is 1. The number of nitrogens with one attached hydrogen (secondary N) is 1. The van der Waals surface area contributed by atoms with Crippen LogP contribution in [0.4, 0.5) is 10.1 Å². The Kier molecular flexibility index (Phi) is 7.93. The largest absolute Gasteiger partial charge is 0.324 e. The first kappa shape index (κ1) is 22.9. The van der Waals surface area contributed by atoms with Crippen molar-refractivity contribution < 1.29 is 9.18 Å². The zero-order chi connectivity index (χ0) is 22.3. The zero-order valence-electron chi connectivity index (χ0n) is 19.3. The van der Waals surface area contributed by atoms with E-state index in [1.165, 1.54) is 56.8 Å². The van der Waals surface area contributed by atoms with Gasteiger partial charge in [-0.3, -0.25) is 4.79 Å². The molecule has 0 saturated carbocycles. The lowest BCUT2D eigenvalue weighted by Crippen LogP contribution is -2.46. The summed E-state index contributed by atoms with van der Waals surface area (Å²) in [6, 6.07) is 13.8. The number of piperidine rings is 2. The fourth-order valence-electron chi connectivity index (χ4n) is 5.01. The second-order valence-corrected chi connectivity index (χ2v) is 9.38. The predicted molar refractivity (Wildman–Crippen MR) is 129 cm³/mol. The summed E-state index contributed by atoms with van der Waals surface area (Å²) in [4.78, 5) is 17.5. The highest BCUT2D eigenvalue weighted by atomic mass is 19.1. The van der Waals surface area contributed by atoms with Crippen LogP contribution in [0.15, 0.2) is 42.5 Å². The molecule has 4 nitrogen and oxygen atoms in total. The van der Waals surface area contributed by atoms with Crippen molar-refractivity contribution in [2.45, 2.75) is 57.9 Å². The zero-order valence-corrected chi connectivity index (χ0v) is 19.3. The molecule has 0 radical (unpaired) electrons. The summed E-state index contributed by atoms with van der Waals surface area (Å²) in [6.07, 6.45) is 7.80. The maximum atomic E-state index is 14.6. The summed E-state index contributed by atoms with van der Waals surface area (Å²) in [5.41, 5.74) is 3.21. The maximum Gasteiger partial charge on any atom is 0.224 e. The highest BCUT2D eigenvalue weighted by Gasteiger charge is 2.25. The van der Waals surface area contributed by atoms with E-state index in [1.807, 2.05) is 37.3 Å². The summed E-state index contributed by atoms with van der Waals surface area (Å²) >= 11 is 0. The van der Waals surface area contributed by atoms with Crippen molar-refractivity contribution in [3.8, 4) is 11.1 Å². The molecule has 2 fully saturated rings. The number of nitrogens with zero attached hydrogens (tertiary/aromatic N) is 2. The lowest BCUT2D eigenvalue weighted by atomic mass is 10.00. The summed E-state index contributed by atoms with van der Waals surface area (Å²) in [6.45, 7) is 7.76. The van der Waals surface area contributed by atoms with Gasteiger partial charge in [0.05, 0.1) is 5.69 Å². The van der Waals surface area contributed by atoms with Crippen LogP contribution in [0.5, 0.6) is 0 Å². The first-order valence-corrected chi connectivity index (χ1v) is 12.2. The van der Waals surface area contributed by atoms with E-state index < -0.39 is 5.82 Å². The van der Waals surface area contributed by atoms with E-state index in [9.17, 15) is 9.18 Å². The molecule has 0 spiro atoms. The summed E-state index contributed by atoms with van der Waals surface area (Å²) in [5, 5.41) is 2.75. The molecule has 0 atom stereocenters. The number of halogens is 1. The van der Waals surface area contributed by atoms with Crippen molar-refractivity contribution in [1.82, 2.24) is 9.80 Å². The third-order valence-electron chi connectivity index (χ3n) is 6.97. The molecule has 2 aromatic carbocycles. The van der Waals surface area contributed by atoms with Crippen LogP contribution in [0, 0.1) is 12.7 Å². The molecular weight excluding hydrogens is 401 g/mol. The van der Waals surface area contributed by atoms with Crippen molar-refractivity contribution >= 4 is 11.6 Å². The fraction of sp³-hybridized carbons (Fsp3) is 0.519. The molecule has 1 amide bonds. The minimum absolute atomic E-state index is 0.116. The highest BCUT2D eigenvalue weighted by molar-refractivity contribution is 5.91. The molecule has 0 aromatic heterocycles. The van der Waals surface area contributed by atoms with Crippen LogP contribution in [-0.2, 0) is 4.79 Å². The molecule has 1 N–H and O–H groups in total. The van der Waals surface area contributed by atoms with Crippen LogP contribution in [0.1, 0.15) is 50.5 Å². The van der Waals surface area contributed by atoms with Crippen LogP contribution in [0.2, 0.25) is 0 Å². The van der Waals surface area contributed by atoms with Crippen LogP contribution in [0.3, 0.4) is 0 Å². The van der Waals surface area contributed by atoms with Crippen molar-refractivity contribution in [2.75, 3.05) is 38.0 Å². The molecule has 2 aliphatic rings. The van der Waals surface area contributed by atoms with Crippen molar-refractivity contribution in [2.24, 2.45) is 0 Å². The van der Waals surface area contributed by atoms with Crippen LogP contribution in [0.25, 0.3) is 11.1 Å². The van der Waals surface area contributed by atoms with Gasteiger partial charge in [0.2, 0.25) is 5.91 Å². The predicted octanol–water partition coefficient (Wildman–Crippen LogP) is 5.47. The lowest BCUT2D eigenvalue weighted by molar-refractivity contribution is -0.116. The third-order valence-corrected chi connectivity index (χ3v) is 6.97. The van der Waals surface area contributed by atoms with Crippen LogP contribution in [-0.4, -0.2) is 54.5 Å². The molecule has 2 heterocycles. The van der Waals surface area contributed by atoms with E-state index in [-0.39, 0.29) is 11.6 Å². The van der Waals surface area contributed by atoms with Gasteiger partial charge in [0.1, 0.15) is 5.82 Å². The number of rotatable bonds is 7. The molecule has 2 aromatic rings. The van der Waals surface area contributed by atoms with E-state index in [1.54, 1.807) is 6.07 Å². The molecule has 0 unspecified atom stereocenters. The van der Waals surface area contributed by atoms with Crippen molar-refractivity contribution in [3.63, 3.8) is 0 Å². The van der Waals surface area contributed by atoms with Gasteiger partial charge >= 0.3 is 0 Å². The number of anilines is 1. The Hall–Kier alpha value is -2.24. The second-order valence-electron chi connectivity index (χ2n) is 9.38. The average Bonchev–Trinajstić information content (AvgIpc) is 2.82. The molecule has 4 rings (SSSR count). The smallest absolute Gasteiger partial charge is 0.224 e. The van der Waals surface area contributed by atoms with Gasteiger partial charge in [0.25, 0.3) is 0 Å². The van der Waals surface area contributed by atoms with Gasteiger partial charge in [0, 0.05) is 12.5 Å². The van der Waals surface area contributed by atoms with Gasteiger partial charge in [-0.1, -0.05) is 42.3 Å². The molecule has 2 saturated heterocycles. The van der Waals surface area contributed by atoms with E-state index >= 15 is 0 Å². The number of hydrogen-bond donors (Lipinski definition) is 1. The summed E-state index contributed by atoms with van der Waals surface area (Å²) in [5.74, 6) is -0.508. The van der Waals surface area contributed by atoms with Crippen molar-refractivity contribution in [3.05, 3.63) is 53.8 Å². The minimum atomic E-state index is -0.392. The van der Waals surface area contributed by atoms with E-state index in [0.717, 1.165) is 43.2 Å². The number of likely N-dealkylation sites (tertiary alicyclic amines) is 2. The molecule has 2 aliphatic heterocycles. The first-order valence-electron chi connectivity index (χ1n) is 12.2. The Morgan fingerprint density at radius 2 is 1.66 bits per heavy atom. The number of hydrogen-bond acceptors (Lipinski definition) is 3. The first-order chi connectivity index (χ1) is 15.6. The average molecular weight is 438 g/mol. The normalized spacial score (nSPS) is 18.6. The molecule has 5 heteroatoms. The minimum Gasteiger partial charge on any atom is -0.324 e. The Morgan fingerprint density at radius 3 is 2.34 bits per heavy atom. The molecule has 32 heavy (non-hydrogen) atoms. The number of aryl methyl sites for hydroxylation is 1. The monoisotopic (exact) mass is 437 g/mol. The van der Waals surface area contributed by atoms with E-state index in [0.29, 0.717) is 6.42 Å². The maximum absolute atomic E-state index is 14.6. The van der Waals surface area contributed by atoms with Crippen LogP contribution < -0.4 is 5.32 Å². The van der Waals surface area contributed by atoms with Gasteiger partial charge in [-0.2, -0.15) is 0 Å². The van der Waals surface area contributed by atoms with Gasteiger partial charge in [-0.05, 0) is 95.0 Å². The van der Waals surface area contributed by atoms with Gasteiger partial charge < -0.3 is 15.1 Å². The summed E-state index contributed by atoms with van der Waals surface area (Å²) < 4.78 is 14.6. The van der Waals surface area contributed by atoms with Gasteiger partial charge in [-0.25, -0.2) is 4.39 Å². The molecule has 0 aliphatic carbocycles. The SMILES string of the molecule is Cc1ccc(-c2ccc(NC(=O)CCCN3CCC(N4CCCCC4)CC3)c(F)c2)cc1. The van der Waals surface area contributed by atoms with Crippen molar-refractivity contribution in [1.29, 1.82) is 0 Å². The Balaban J connectivity index is 1.19. The number of carbonyl (C=O) groups is 1. The topological polar surface area (TPSA) is 35.6 Å². The lowest BCUT2D eigenvalue weighted by Gasteiger charge is -2.40. The Morgan fingerprint density at radius 1 is 0.969 bits per heavy atom. The standard InChI is InChI=1S/C27H36FN3O/c1-21-7-9-22(10-8-21)23-11-12-26(25(28)20-23)29-27(32)6-5-15-30-18-13-24(14-19-30)31-16-3-2-4-17-31/h7-12,20,24H,2-6,13-19H2,1H3,(H,29,32).